The first-order chi connectivity index (χ1) is 9.84. The van der Waals surface area contributed by atoms with E-state index in [9.17, 15) is 0 Å². The normalized spacial score (nSPS) is 11.2. The van der Waals surface area contributed by atoms with E-state index in [1.807, 2.05) is 36.9 Å². The Morgan fingerprint density at radius 1 is 0.750 bits per heavy atom. The molecule has 0 saturated heterocycles. The van der Waals surface area contributed by atoms with Gasteiger partial charge < -0.3 is 4.57 Å². The van der Waals surface area contributed by atoms with Crippen molar-refractivity contribution >= 4 is 21.8 Å². The van der Waals surface area contributed by atoms with Gasteiger partial charge in [0.1, 0.15) is 0 Å². The summed E-state index contributed by atoms with van der Waals surface area (Å²) in [7, 11) is 2.10. The molecule has 0 atom stereocenters. The summed E-state index contributed by atoms with van der Waals surface area (Å²) in [6, 6.07) is 12.7. The number of fused-ring (bicyclic) bond motifs is 3. The highest BCUT2D eigenvalue weighted by atomic mass is 14.9. The van der Waals surface area contributed by atoms with Gasteiger partial charge >= 0.3 is 0 Å². The number of hydrogen-bond donors (Lipinski definition) is 0. The number of aromatic nitrogens is 3. The number of hydrogen-bond acceptors (Lipinski definition) is 2. The Hall–Kier alpha value is -2.68. The molecule has 4 rings (SSSR count). The second-order valence-electron chi connectivity index (χ2n) is 4.92. The first kappa shape index (κ1) is 11.2. The average Bonchev–Trinajstić information content (AvgIpc) is 2.81. The van der Waals surface area contributed by atoms with Gasteiger partial charge in [-0.05, 0) is 35.4 Å². The summed E-state index contributed by atoms with van der Waals surface area (Å²) < 4.78 is 2.22. The van der Waals surface area contributed by atoms with Crippen molar-refractivity contribution in [2.45, 2.75) is 0 Å². The average molecular weight is 259 g/mol. The number of pyridine rings is 2. The van der Waals surface area contributed by atoms with E-state index in [2.05, 4.69) is 45.8 Å². The zero-order valence-corrected chi connectivity index (χ0v) is 11.1. The van der Waals surface area contributed by atoms with Crippen molar-refractivity contribution in [1.82, 2.24) is 14.5 Å². The minimum atomic E-state index is 1.19. The SMILES string of the molecule is Cn1c2ccncc2c2ccc(-c3ccncc3)cc21. The summed E-state index contributed by atoms with van der Waals surface area (Å²) in [4.78, 5) is 8.31. The second-order valence-corrected chi connectivity index (χ2v) is 4.92. The Balaban J connectivity index is 2.05. The minimum Gasteiger partial charge on any atom is -0.343 e. The fraction of sp³-hybridized carbons (Fsp3) is 0.0588. The highest BCUT2D eigenvalue weighted by Gasteiger charge is 2.09. The molecule has 4 aromatic rings. The molecule has 0 fully saturated rings. The van der Waals surface area contributed by atoms with Crippen LogP contribution in [0.3, 0.4) is 0 Å². The van der Waals surface area contributed by atoms with Gasteiger partial charge in [-0.1, -0.05) is 12.1 Å². The third kappa shape index (κ3) is 1.53. The van der Waals surface area contributed by atoms with Gasteiger partial charge in [0, 0.05) is 48.1 Å². The van der Waals surface area contributed by atoms with Gasteiger partial charge in [-0.15, -0.1) is 0 Å². The van der Waals surface area contributed by atoms with Gasteiger partial charge in [0.25, 0.3) is 0 Å². The first-order valence-corrected chi connectivity index (χ1v) is 6.57. The Labute approximate surface area is 116 Å². The largest absolute Gasteiger partial charge is 0.343 e. The van der Waals surface area contributed by atoms with Crippen LogP contribution in [-0.4, -0.2) is 14.5 Å². The topological polar surface area (TPSA) is 30.7 Å². The molecular formula is C17H13N3. The van der Waals surface area contributed by atoms with E-state index in [0.717, 1.165) is 0 Å². The van der Waals surface area contributed by atoms with Crippen LogP contribution in [0.5, 0.6) is 0 Å². The Kier molecular flexibility index (Phi) is 2.33. The van der Waals surface area contributed by atoms with Crippen molar-refractivity contribution in [2.75, 3.05) is 0 Å². The van der Waals surface area contributed by atoms with Gasteiger partial charge in [0.05, 0.1) is 5.52 Å². The van der Waals surface area contributed by atoms with Crippen molar-refractivity contribution < 1.29 is 0 Å². The third-order valence-corrected chi connectivity index (χ3v) is 3.82. The summed E-state index contributed by atoms with van der Waals surface area (Å²) >= 11 is 0. The van der Waals surface area contributed by atoms with E-state index in [0.29, 0.717) is 0 Å². The van der Waals surface area contributed by atoms with Crippen LogP contribution < -0.4 is 0 Å². The lowest BCUT2D eigenvalue weighted by Gasteiger charge is -2.03. The van der Waals surface area contributed by atoms with Crippen molar-refractivity contribution in [3.63, 3.8) is 0 Å². The third-order valence-electron chi connectivity index (χ3n) is 3.82. The maximum Gasteiger partial charge on any atom is 0.0519 e. The van der Waals surface area contributed by atoms with Crippen molar-refractivity contribution in [3.05, 3.63) is 61.2 Å². The molecule has 1 aromatic carbocycles. The van der Waals surface area contributed by atoms with Crippen LogP contribution in [0.2, 0.25) is 0 Å². The van der Waals surface area contributed by atoms with Crippen LogP contribution in [0.15, 0.2) is 61.2 Å². The number of benzene rings is 1. The highest BCUT2D eigenvalue weighted by molar-refractivity contribution is 6.08. The fourth-order valence-electron chi connectivity index (χ4n) is 2.78. The lowest BCUT2D eigenvalue weighted by molar-refractivity contribution is 1.01. The Morgan fingerprint density at radius 2 is 1.55 bits per heavy atom. The van der Waals surface area contributed by atoms with Crippen molar-refractivity contribution in [3.8, 4) is 11.1 Å². The van der Waals surface area contributed by atoms with Crippen LogP contribution >= 0.6 is 0 Å². The number of nitrogens with zero attached hydrogens (tertiary/aromatic N) is 3. The van der Waals surface area contributed by atoms with Gasteiger partial charge in [-0.25, -0.2) is 0 Å². The highest BCUT2D eigenvalue weighted by Crippen LogP contribution is 2.30. The predicted octanol–water partition coefficient (Wildman–Crippen LogP) is 3.79. The number of aryl methyl sites for hydroxylation is 1. The zero-order valence-electron chi connectivity index (χ0n) is 11.1. The Bertz CT molecular complexity index is 907. The van der Waals surface area contributed by atoms with Crippen molar-refractivity contribution in [1.29, 1.82) is 0 Å². The molecule has 0 aliphatic carbocycles. The fourth-order valence-corrected chi connectivity index (χ4v) is 2.78. The van der Waals surface area contributed by atoms with Crippen LogP contribution in [-0.2, 0) is 7.05 Å². The monoisotopic (exact) mass is 259 g/mol. The predicted molar refractivity (Wildman–Crippen MR) is 81.5 cm³/mol. The van der Waals surface area contributed by atoms with E-state index in [1.54, 1.807) is 0 Å². The van der Waals surface area contributed by atoms with E-state index in [1.165, 1.54) is 32.9 Å². The molecule has 0 bridgehead atoms. The van der Waals surface area contributed by atoms with E-state index >= 15 is 0 Å². The van der Waals surface area contributed by atoms with E-state index in [-0.39, 0.29) is 0 Å². The van der Waals surface area contributed by atoms with E-state index in [4.69, 9.17) is 0 Å². The van der Waals surface area contributed by atoms with Crippen LogP contribution in [0.4, 0.5) is 0 Å². The van der Waals surface area contributed by atoms with Gasteiger partial charge in [-0.3, -0.25) is 9.97 Å². The molecule has 0 spiro atoms. The molecule has 3 heterocycles. The zero-order chi connectivity index (χ0) is 13.5. The van der Waals surface area contributed by atoms with E-state index < -0.39 is 0 Å². The lowest BCUT2D eigenvalue weighted by Crippen LogP contribution is -1.87. The van der Waals surface area contributed by atoms with Gasteiger partial charge in [-0.2, -0.15) is 0 Å². The molecule has 3 aromatic heterocycles. The first-order valence-electron chi connectivity index (χ1n) is 6.57. The molecule has 20 heavy (non-hydrogen) atoms. The standard InChI is InChI=1S/C17H13N3/c1-20-16-6-9-19-11-15(16)14-3-2-13(10-17(14)20)12-4-7-18-8-5-12/h2-11H,1H3. The maximum absolute atomic E-state index is 4.24. The molecule has 0 aliphatic rings. The van der Waals surface area contributed by atoms with Crippen LogP contribution in [0.1, 0.15) is 0 Å². The smallest absolute Gasteiger partial charge is 0.0519 e. The summed E-state index contributed by atoms with van der Waals surface area (Å²) in [5.74, 6) is 0. The molecule has 0 unspecified atom stereocenters. The molecule has 0 amide bonds. The summed E-state index contributed by atoms with van der Waals surface area (Å²) in [6.07, 6.45) is 7.42. The molecule has 0 saturated carbocycles. The number of rotatable bonds is 1. The van der Waals surface area contributed by atoms with Gasteiger partial charge in [0.15, 0.2) is 0 Å². The molecule has 0 radical (unpaired) electrons. The molecule has 3 nitrogen and oxygen atoms in total. The second kappa shape index (κ2) is 4.17. The summed E-state index contributed by atoms with van der Waals surface area (Å²) in [5.41, 5.74) is 4.83. The van der Waals surface area contributed by atoms with Gasteiger partial charge in [0.2, 0.25) is 0 Å². The lowest BCUT2D eigenvalue weighted by atomic mass is 10.1. The molecule has 0 N–H and O–H groups in total. The Morgan fingerprint density at radius 3 is 2.40 bits per heavy atom. The van der Waals surface area contributed by atoms with Crippen molar-refractivity contribution in [2.24, 2.45) is 7.05 Å². The molecule has 3 heteroatoms. The molecule has 96 valence electrons. The quantitative estimate of drug-likeness (QED) is 0.520. The van der Waals surface area contributed by atoms with Crippen LogP contribution in [0, 0.1) is 0 Å². The summed E-state index contributed by atoms with van der Waals surface area (Å²) in [5, 5.41) is 2.44. The molecular weight excluding hydrogens is 246 g/mol. The maximum atomic E-state index is 4.24. The van der Waals surface area contributed by atoms with Crippen LogP contribution in [0.25, 0.3) is 32.9 Å². The minimum absolute atomic E-state index is 1.19. The molecule has 0 aliphatic heterocycles. The summed E-state index contributed by atoms with van der Waals surface area (Å²) in [6.45, 7) is 0.